The van der Waals surface area contributed by atoms with E-state index >= 15 is 0 Å². The number of benzene rings is 5. The van der Waals surface area contributed by atoms with Crippen molar-refractivity contribution in [3.8, 4) is 11.5 Å². The third kappa shape index (κ3) is 4.21. The van der Waals surface area contributed by atoms with Crippen molar-refractivity contribution in [1.82, 2.24) is 0 Å². The smallest absolute Gasteiger partial charge is 0.125 e. The van der Waals surface area contributed by atoms with Crippen LogP contribution in [-0.4, -0.2) is 8.07 Å². The Labute approximate surface area is 202 Å². The van der Waals surface area contributed by atoms with Crippen LogP contribution in [0.1, 0.15) is 5.56 Å². The van der Waals surface area contributed by atoms with Crippen molar-refractivity contribution in [2.24, 2.45) is 0 Å². The van der Waals surface area contributed by atoms with Gasteiger partial charge in [0.1, 0.15) is 8.07 Å². The molecule has 0 heterocycles. The van der Waals surface area contributed by atoms with E-state index in [4.69, 9.17) is 0 Å². The lowest BCUT2D eigenvalue weighted by atomic mass is 9.97. The molecule has 0 aliphatic heterocycles. The van der Waals surface area contributed by atoms with Gasteiger partial charge in [-0.1, -0.05) is 54.5 Å². The number of hydrogen-bond acceptors (Lipinski definition) is 0. The Morgan fingerprint density at radius 3 is 1.41 bits per heavy atom. The molecule has 0 aliphatic rings. The standard InChI is InChI=1S/C33H28Si/c1-4-14-34(15-5-2,16-6-3)17-13-25-11-12-28-21-32-23-30-19-26-9-7-8-10-27(26)20-31(30)24-33(32)22-29(28)18-25/h4-12,18-24H,1-3,14-16H2. The Bertz CT molecular complexity index is 1620. The van der Waals surface area contributed by atoms with Crippen molar-refractivity contribution < 1.29 is 0 Å². The molecular formula is C33H28Si. The fourth-order valence-electron chi connectivity index (χ4n) is 4.96. The van der Waals surface area contributed by atoms with Gasteiger partial charge in [-0.15, -0.1) is 25.3 Å². The molecule has 5 rings (SSSR count). The summed E-state index contributed by atoms with van der Waals surface area (Å²) in [5, 5.41) is 10.1. The Balaban J connectivity index is 1.60. The molecule has 0 N–H and O–H groups in total. The van der Waals surface area contributed by atoms with E-state index in [2.05, 4.69) is 110 Å². The van der Waals surface area contributed by atoms with Crippen LogP contribution in [0.15, 0.2) is 117 Å². The van der Waals surface area contributed by atoms with Gasteiger partial charge in [-0.05, 0) is 110 Å². The molecule has 5 aromatic rings. The molecule has 0 atom stereocenters. The minimum Gasteiger partial charge on any atom is -0.125 e. The molecule has 164 valence electrons. The van der Waals surface area contributed by atoms with Gasteiger partial charge in [-0.2, -0.15) is 0 Å². The van der Waals surface area contributed by atoms with Crippen LogP contribution in [0.3, 0.4) is 0 Å². The highest BCUT2D eigenvalue weighted by molar-refractivity contribution is 6.88. The van der Waals surface area contributed by atoms with E-state index in [1.807, 2.05) is 18.2 Å². The summed E-state index contributed by atoms with van der Waals surface area (Å²) < 4.78 is 0. The molecule has 5 aromatic carbocycles. The van der Waals surface area contributed by atoms with Gasteiger partial charge in [0.05, 0.1) is 0 Å². The van der Waals surface area contributed by atoms with Crippen LogP contribution in [0.25, 0.3) is 43.1 Å². The quantitative estimate of drug-likeness (QED) is 0.104. The summed E-state index contributed by atoms with van der Waals surface area (Å²) in [6, 6.07) is 31.8. The van der Waals surface area contributed by atoms with Crippen LogP contribution in [-0.2, 0) is 0 Å². The summed E-state index contributed by atoms with van der Waals surface area (Å²) in [5.41, 5.74) is 4.73. The van der Waals surface area contributed by atoms with Crippen LogP contribution in [0, 0.1) is 11.5 Å². The average Bonchev–Trinajstić information content (AvgIpc) is 2.84. The molecule has 0 radical (unpaired) electrons. The first-order valence-electron chi connectivity index (χ1n) is 11.8. The first-order valence-corrected chi connectivity index (χ1v) is 14.4. The topological polar surface area (TPSA) is 0 Å². The molecule has 0 spiro atoms. The van der Waals surface area contributed by atoms with Gasteiger partial charge < -0.3 is 0 Å². The van der Waals surface area contributed by atoms with Crippen LogP contribution < -0.4 is 0 Å². The molecule has 0 nitrogen and oxygen atoms in total. The van der Waals surface area contributed by atoms with E-state index < -0.39 is 8.07 Å². The normalized spacial score (nSPS) is 11.4. The Morgan fingerprint density at radius 1 is 0.529 bits per heavy atom. The fourth-order valence-corrected chi connectivity index (χ4v) is 7.83. The predicted molar refractivity (Wildman–Crippen MR) is 154 cm³/mol. The van der Waals surface area contributed by atoms with E-state index in [1.165, 1.54) is 43.1 Å². The maximum Gasteiger partial charge on any atom is 0.149 e. The summed E-state index contributed by atoms with van der Waals surface area (Å²) >= 11 is 0. The highest BCUT2D eigenvalue weighted by Gasteiger charge is 2.26. The molecule has 0 unspecified atom stereocenters. The van der Waals surface area contributed by atoms with Crippen molar-refractivity contribution >= 4 is 51.2 Å². The van der Waals surface area contributed by atoms with Crippen molar-refractivity contribution in [1.29, 1.82) is 0 Å². The van der Waals surface area contributed by atoms with E-state index in [0.29, 0.717) is 0 Å². The lowest BCUT2D eigenvalue weighted by Gasteiger charge is -2.21. The Kier molecular flexibility index (Phi) is 5.93. The monoisotopic (exact) mass is 452 g/mol. The van der Waals surface area contributed by atoms with Crippen LogP contribution in [0.4, 0.5) is 0 Å². The SMILES string of the molecule is C=CC[Si](C#Cc1ccc2cc3cc4cc5ccccc5cc4cc3cc2c1)(CC=C)CC=C. The van der Waals surface area contributed by atoms with Crippen molar-refractivity contribution in [2.75, 3.05) is 0 Å². The first kappa shape index (κ1) is 22.0. The van der Waals surface area contributed by atoms with Gasteiger partial charge in [0.25, 0.3) is 0 Å². The average molecular weight is 453 g/mol. The second-order valence-corrected chi connectivity index (χ2v) is 13.2. The maximum atomic E-state index is 3.97. The predicted octanol–water partition coefficient (Wildman–Crippen LogP) is 9.20. The summed E-state index contributed by atoms with van der Waals surface area (Å²) in [6.07, 6.45) is 6.02. The third-order valence-corrected chi connectivity index (χ3v) is 10.6. The number of allylic oxidation sites excluding steroid dienone is 3. The zero-order valence-corrected chi connectivity index (χ0v) is 20.5. The maximum absolute atomic E-state index is 3.97. The molecule has 0 bridgehead atoms. The number of rotatable bonds is 6. The van der Waals surface area contributed by atoms with E-state index in [1.54, 1.807) is 0 Å². The second-order valence-electron chi connectivity index (χ2n) is 9.17. The minimum absolute atomic E-state index is 0.956. The highest BCUT2D eigenvalue weighted by atomic mass is 28.3. The molecular weight excluding hydrogens is 424 g/mol. The van der Waals surface area contributed by atoms with Crippen molar-refractivity contribution in [2.45, 2.75) is 18.1 Å². The summed E-state index contributed by atoms with van der Waals surface area (Å²) in [5.74, 6) is 3.50. The minimum atomic E-state index is -1.86. The third-order valence-electron chi connectivity index (χ3n) is 6.69. The van der Waals surface area contributed by atoms with Crippen LogP contribution in [0.5, 0.6) is 0 Å². The van der Waals surface area contributed by atoms with E-state index in [9.17, 15) is 0 Å². The molecule has 0 saturated carbocycles. The summed E-state index contributed by atoms with van der Waals surface area (Å²) in [6.45, 7) is 11.9. The van der Waals surface area contributed by atoms with E-state index in [0.717, 1.165) is 23.7 Å². The van der Waals surface area contributed by atoms with Gasteiger partial charge >= 0.3 is 0 Å². The van der Waals surface area contributed by atoms with Crippen molar-refractivity contribution in [3.63, 3.8) is 0 Å². The highest BCUT2D eigenvalue weighted by Crippen LogP contribution is 2.30. The zero-order chi connectivity index (χ0) is 23.5. The number of hydrogen-bond donors (Lipinski definition) is 0. The summed E-state index contributed by atoms with van der Waals surface area (Å²) in [7, 11) is -1.86. The molecule has 0 amide bonds. The Morgan fingerprint density at radius 2 is 0.941 bits per heavy atom. The van der Waals surface area contributed by atoms with Gasteiger partial charge in [0.2, 0.25) is 0 Å². The molecule has 0 aliphatic carbocycles. The largest absolute Gasteiger partial charge is 0.149 e. The molecule has 34 heavy (non-hydrogen) atoms. The molecule has 0 fully saturated rings. The summed E-state index contributed by atoms with van der Waals surface area (Å²) in [4.78, 5) is 0. The zero-order valence-electron chi connectivity index (χ0n) is 19.5. The van der Waals surface area contributed by atoms with Gasteiger partial charge in [-0.25, -0.2) is 0 Å². The lowest BCUT2D eigenvalue weighted by molar-refractivity contribution is 1.40. The fraction of sp³-hybridized carbons (Fsp3) is 0.0909. The first-order chi connectivity index (χ1) is 16.6. The van der Waals surface area contributed by atoms with Crippen LogP contribution in [0.2, 0.25) is 18.1 Å². The molecule has 1 heteroatoms. The van der Waals surface area contributed by atoms with Gasteiger partial charge in [0, 0.05) is 5.56 Å². The second kappa shape index (κ2) is 9.18. The Hall–Kier alpha value is -3.86. The van der Waals surface area contributed by atoms with Crippen LogP contribution >= 0.6 is 0 Å². The van der Waals surface area contributed by atoms with E-state index in [-0.39, 0.29) is 0 Å². The van der Waals surface area contributed by atoms with Crippen molar-refractivity contribution in [3.05, 3.63) is 122 Å². The van der Waals surface area contributed by atoms with Gasteiger partial charge in [0.15, 0.2) is 0 Å². The van der Waals surface area contributed by atoms with Gasteiger partial charge in [-0.3, -0.25) is 0 Å². The molecule has 0 saturated heterocycles. The molecule has 0 aromatic heterocycles. The number of fused-ring (bicyclic) bond motifs is 4. The lowest BCUT2D eigenvalue weighted by Crippen LogP contribution is -2.30.